The molecule has 90 valence electrons. The van der Waals surface area contributed by atoms with Gasteiger partial charge >= 0.3 is 0 Å². The average Bonchev–Trinajstić information content (AvgIpc) is 2.24. The van der Waals surface area contributed by atoms with Crippen LogP contribution in [0.25, 0.3) is 0 Å². The normalized spacial score (nSPS) is 12.5. The predicted molar refractivity (Wildman–Crippen MR) is 68.9 cm³/mol. The molecule has 1 heterocycles. The van der Waals surface area contributed by atoms with Gasteiger partial charge in [0.15, 0.2) is 0 Å². The molecule has 6 heteroatoms. The minimum absolute atomic E-state index is 0.234. The Kier molecular flexibility index (Phi) is 6.01. The molecule has 0 fully saturated rings. The predicted octanol–water partition coefficient (Wildman–Crippen LogP) is 3.12. The van der Waals surface area contributed by atoms with Crippen LogP contribution >= 0.6 is 27.5 Å². The summed E-state index contributed by atoms with van der Waals surface area (Å²) < 4.78 is 5.94. The van der Waals surface area contributed by atoms with Crippen molar-refractivity contribution in [3.8, 4) is 0 Å². The molecule has 0 saturated heterocycles. The molecule has 16 heavy (non-hydrogen) atoms. The molecule has 1 atom stereocenters. The van der Waals surface area contributed by atoms with Gasteiger partial charge in [0.05, 0.1) is 17.1 Å². The summed E-state index contributed by atoms with van der Waals surface area (Å²) in [6, 6.07) is 0.234. The first-order valence-electron chi connectivity index (χ1n) is 5.10. The van der Waals surface area contributed by atoms with E-state index in [0.29, 0.717) is 12.4 Å². The summed E-state index contributed by atoms with van der Waals surface area (Å²) in [5, 5.41) is 3.52. The lowest BCUT2D eigenvalue weighted by Crippen LogP contribution is -2.25. The van der Waals surface area contributed by atoms with Gasteiger partial charge in [0.1, 0.15) is 5.82 Å². The third kappa shape index (κ3) is 4.23. The number of nitrogens with zero attached hydrogens (tertiary/aromatic N) is 2. The molecule has 0 aliphatic rings. The fraction of sp³-hybridized carbons (Fsp3) is 0.600. The first kappa shape index (κ1) is 13.7. The lowest BCUT2D eigenvalue weighted by atomic mass is 10.2. The van der Waals surface area contributed by atoms with Crippen LogP contribution in [0.15, 0.2) is 10.7 Å². The van der Waals surface area contributed by atoms with Crippen LogP contribution in [-0.4, -0.2) is 29.7 Å². The summed E-state index contributed by atoms with van der Waals surface area (Å²) in [4.78, 5) is 7.99. The Balaban J connectivity index is 2.71. The topological polar surface area (TPSA) is 47.0 Å². The number of nitrogens with one attached hydrogen (secondary N) is 1. The van der Waals surface area contributed by atoms with Gasteiger partial charge in [0.25, 0.3) is 0 Å². The third-order valence-electron chi connectivity index (χ3n) is 2.06. The molecule has 1 N–H and O–H groups in total. The molecule has 0 aromatic carbocycles. The minimum atomic E-state index is 0.234. The molecule has 1 aromatic rings. The summed E-state index contributed by atoms with van der Waals surface area (Å²) >= 11 is 9.11. The first-order valence-corrected chi connectivity index (χ1v) is 6.28. The van der Waals surface area contributed by atoms with Gasteiger partial charge in [-0.25, -0.2) is 4.98 Å². The lowest BCUT2D eigenvalue weighted by molar-refractivity contribution is 0.182. The summed E-state index contributed by atoms with van der Waals surface area (Å²) in [5.41, 5.74) is 0. The van der Waals surface area contributed by atoms with Gasteiger partial charge in [0.2, 0.25) is 5.28 Å². The molecule has 0 radical (unpaired) electrons. The van der Waals surface area contributed by atoms with E-state index < -0.39 is 0 Å². The number of anilines is 1. The highest BCUT2D eigenvalue weighted by Gasteiger charge is 2.11. The second-order valence-corrected chi connectivity index (χ2v) is 4.61. The molecule has 1 unspecified atom stereocenters. The maximum absolute atomic E-state index is 5.74. The van der Waals surface area contributed by atoms with Crippen LogP contribution in [0.3, 0.4) is 0 Å². The van der Waals surface area contributed by atoms with E-state index in [0.717, 1.165) is 17.3 Å². The van der Waals surface area contributed by atoms with Crippen molar-refractivity contribution in [2.75, 3.05) is 19.0 Å². The fourth-order valence-corrected chi connectivity index (χ4v) is 1.83. The molecular weight excluding hydrogens is 293 g/mol. The molecule has 0 bridgehead atoms. The number of ether oxygens (including phenoxy) is 1. The average molecular weight is 309 g/mol. The highest BCUT2D eigenvalue weighted by Crippen LogP contribution is 2.21. The maximum Gasteiger partial charge on any atom is 0.224 e. The Hall–Kier alpha value is -0.390. The van der Waals surface area contributed by atoms with Gasteiger partial charge in [-0.05, 0) is 34.0 Å². The van der Waals surface area contributed by atoms with E-state index in [1.54, 1.807) is 13.3 Å². The second-order valence-electron chi connectivity index (χ2n) is 3.42. The van der Waals surface area contributed by atoms with E-state index in [2.05, 4.69) is 38.1 Å². The van der Waals surface area contributed by atoms with E-state index >= 15 is 0 Å². The second kappa shape index (κ2) is 7.04. The van der Waals surface area contributed by atoms with Crippen LogP contribution in [0.1, 0.15) is 19.8 Å². The van der Waals surface area contributed by atoms with Gasteiger partial charge in [-0.2, -0.15) is 4.98 Å². The molecular formula is C10H15BrClN3O. The standard InChI is InChI=1S/C10H15BrClN3O/c1-3-4-7(6-16-2)14-9-8(11)5-13-10(12)15-9/h5,7H,3-4,6H2,1-2H3,(H,13,14,15). The van der Waals surface area contributed by atoms with Gasteiger partial charge in [-0.15, -0.1) is 0 Å². The Labute approximate surface area is 109 Å². The van der Waals surface area contributed by atoms with E-state index in [-0.39, 0.29) is 11.3 Å². The fourth-order valence-electron chi connectivity index (χ4n) is 1.39. The Morgan fingerprint density at radius 2 is 2.38 bits per heavy atom. The summed E-state index contributed by atoms with van der Waals surface area (Å²) in [6.45, 7) is 2.77. The van der Waals surface area contributed by atoms with Crippen LogP contribution in [0.5, 0.6) is 0 Å². The highest BCUT2D eigenvalue weighted by atomic mass is 79.9. The molecule has 1 rings (SSSR count). The van der Waals surface area contributed by atoms with E-state index in [1.165, 1.54) is 0 Å². The summed E-state index contributed by atoms with van der Waals surface area (Å²) in [6.07, 6.45) is 3.73. The van der Waals surface area contributed by atoms with Gasteiger partial charge < -0.3 is 10.1 Å². The lowest BCUT2D eigenvalue weighted by Gasteiger charge is -2.18. The van der Waals surface area contributed by atoms with Gasteiger partial charge in [0, 0.05) is 13.3 Å². The van der Waals surface area contributed by atoms with E-state index in [9.17, 15) is 0 Å². The van der Waals surface area contributed by atoms with Crippen LogP contribution in [0.4, 0.5) is 5.82 Å². The SMILES string of the molecule is CCCC(COC)Nc1nc(Cl)ncc1Br. The Bertz CT molecular complexity index is 332. The zero-order valence-corrected chi connectivity index (χ0v) is 11.7. The maximum atomic E-state index is 5.74. The number of hydrogen-bond donors (Lipinski definition) is 1. The van der Waals surface area contributed by atoms with Crippen molar-refractivity contribution in [1.82, 2.24) is 9.97 Å². The number of methoxy groups -OCH3 is 1. The minimum Gasteiger partial charge on any atom is -0.383 e. The third-order valence-corrected chi connectivity index (χ3v) is 2.82. The first-order chi connectivity index (χ1) is 7.67. The van der Waals surface area contributed by atoms with E-state index in [4.69, 9.17) is 16.3 Å². The zero-order valence-electron chi connectivity index (χ0n) is 9.33. The van der Waals surface area contributed by atoms with Gasteiger partial charge in [-0.3, -0.25) is 0 Å². The molecule has 4 nitrogen and oxygen atoms in total. The number of aromatic nitrogens is 2. The summed E-state index contributed by atoms with van der Waals surface area (Å²) in [7, 11) is 1.69. The van der Waals surface area contributed by atoms with Gasteiger partial charge in [-0.1, -0.05) is 13.3 Å². The van der Waals surface area contributed by atoms with Crippen molar-refractivity contribution in [3.63, 3.8) is 0 Å². The monoisotopic (exact) mass is 307 g/mol. The molecule has 0 saturated carbocycles. The van der Waals surface area contributed by atoms with Crippen LogP contribution in [0, 0.1) is 0 Å². The number of hydrogen-bond acceptors (Lipinski definition) is 4. The molecule has 0 aliphatic heterocycles. The molecule has 1 aromatic heterocycles. The smallest absolute Gasteiger partial charge is 0.224 e. The summed E-state index contributed by atoms with van der Waals surface area (Å²) in [5.74, 6) is 0.704. The molecule has 0 spiro atoms. The highest BCUT2D eigenvalue weighted by molar-refractivity contribution is 9.10. The Morgan fingerprint density at radius 1 is 1.62 bits per heavy atom. The molecule has 0 amide bonds. The van der Waals surface area contributed by atoms with Crippen molar-refractivity contribution in [1.29, 1.82) is 0 Å². The van der Waals surface area contributed by atoms with Crippen molar-refractivity contribution >= 4 is 33.3 Å². The number of rotatable bonds is 6. The van der Waals surface area contributed by atoms with Crippen molar-refractivity contribution in [2.45, 2.75) is 25.8 Å². The van der Waals surface area contributed by atoms with Crippen LogP contribution < -0.4 is 5.32 Å². The van der Waals surface area contributed by atoms with Crippen molar-refractivity contribution in [2.24, 2.45) is 0 Å². The van der Waals surface area contributed by atoms with E-state index in [1.807, 2.05) is 0 Å². The van der Waals surface area contributed by atoms with Crippen molar-refractivity contribution < 1.29 is 4.74 Å². The largest absolute Gasteiger partial charge is 0.383 e. The zero-order chi connectivity index (χ0) is 12.0. The Morgan fingerprint density at radius 3 is 3.00 bits per heavy atom. The van der Waals surface area contributed by atoms with Crippen LogP contribution in [-0.2, 0) is 4.74 Å². The molecule has 0 aliphatic carbocycles. The quantitative estimate of drug-likeness (QED) is 0.820. The number of halogens is 2. The van der Waals surface area contributed by atoms with Crippen molar-refractivity contribution in [3.05, 3.63) is 16.0 Å². The van der Waals surface area contributed by atoms with Crippen LogP contribution in [0.2, 0.25) is 5.28 Å².